The molecule has 0 spiro atoms. The molecule has 0 heterocycles. The molecule has 2 aromatic rings. The molecule has 0 amide bonds. The Morgan fingerprint density at radius 3 is 1.90 bits per heavy atom. The first-order valence-electron chi connectivity index (χ1n) is 6.12. The summed E-state index contributed by atoms with van der Waals surface area (Å²) in [5.74, 6) is 0.513. The van der Waals surface area contributed by atoms with Crippen molar-refractivity contribution in [2.24, 2.45) is 10.7 Å². The Labute approximate surface area is 143 Å². The van der Waals surface area contributed by atoms with Gasteiger partial charge in [0.05, 0.1) is 32.5 Å². The second-order valence-electron chi connectivity index (χ2n) is 4.48. The van der Waals surface area contributed by atoms with E-state index in [0.29, 0.717) is 38.9 Å². The fraction of sp³-hybridized carbons (Fsp3) is 0.133. The first-order chi connectivity index (χ1) is 9.95. The van der Waals surface area contributed by atoms with Crippen molar-refractivity contribution in [3.63, 3.8) is 0 Å². The third-order valence-electron chi connectivity index (χ3n) is 2.82. The zero-order valence-electron chi connectivity index (χ0n) is 10.9. The molecular weight excluding hydrogens is 350 g/mol. The van der Waals surface area contributed by atoms with Crippen LogP contribution in [0.25, 0.3) is 0 Å². The van der Waals surface area contributed by atoms with E-state index < -0.39 is 0 Å². The summed E-state index contributed by atoms with van der Waals surface area (Å²) in [4.78, 5) is 4.33. The number of nitrogens with zero attached hydrogens (tertiary/aromatic N) is 1. The Hall–Kier alpha value is -0.930. The van der Waals surface area contributed by atoms with Crippen molar-refractivity contribution in [3.05, 3.63) is 67.6 Å². The van der Waals surface area contributed by atoms with Crippen LogP contribution in [0.5, 0.6) is 0 Å². The van der Waals surface area contributed by atoms with Gasteiger partial charge in [-0.3, -0.25) is 4.99 Å². The first-order valence-corrected chi connectivity index (χ1v) is 7.63. The Bertz CT molecular complexity index is 683. The lowest BCUT2D eigenvalue weighted by atomic mass is 10.1. The topological polar surface area (TPSA) is 38.4 Å². The minimum atomic E-state index is 0.448. The SMILES string of the molecule is NC(Cc1ccc(Cl)c(Cl)c1)=NCc1ccc(Cl)c(Cl)c1. The predicted molar refractivity (Wildman–Crippen MR) is 92.0 cm³/mol. The van der Waals surface area contributed by atoms with E-state index in [1.165, 1.54) is 0 Å². The van der Waals surface area contributed by atoms with Gasteiger partial charge < -0.3 is 5.73 Å². The van der Waals surface area contributed by atoms with Crippen LogP contribution in [0.2, 0.25) is 20.1 Å². The number of nitrogens with two attached hydrogens (primary N) is 1. The van der Waals surface area contributed by atoms with Crippen molar-refractivity contribution < 1.29 is 0 Å². The second-order valence-corrected chi connectivity index (χ2v) is 6.11. The molecule has 0 aromatic heterocycles. The molecule has 0 aliphatic rings. The number of halogens is 4. The minimum absolute atomic E-state index is 0.448. The van der Waals surface area contributed by atoms with Crippen LogP contribution in [0.3, 0.4) is 0 Å². The molecule has 2 rings (SSSR count). The Morgan fingerprint density at radius 2 is 1.33 bits per heavy atom. The van der Waals surface area contributed by atoms with E-state index in [0.717, 1.165) is 11.1 Å². The summed E-state index contributed by atoms with van der Waals surface area (Å²) in [6, 6.07) is 10.8. The highest BCUT2D eigenvalue weighted by atomic mass is 35.5. The normalized spacial score (nSPS) is 11.7. The van der Waals surface area contributed by atoms with E-state index in [4.69, 9.17) is 52.1 Å². The van der Waals surface area contributed by atoms with Crippen molar-refractivity contribution in [2.75, 3.05) is 0 Å². The lowest BCUT2D eigenvalue weighted by Gasteiger charge is -2.04. The average molecular weight is 362 g/mol. The van der Waals surface area contributed by atoms with Crippen molar-refractivity contribution >= 4 is 52.2 Å². The zero-order chi connectivity index (χ0) is 15.4. The predicted octanol–water partition coefficient (Wildman–Crippen LogP) is 5.40. The average Bonchev–Trinajstić information content (AvgIpc) is 2.44. The van der Waals surface area contributed by atoms with Crippen LogP contribution in [0.15, 0.2) is 41.4 Å². The van der Waals surface area contributed by atoms with Gasteiger partial charge in [-0.25, -0.2) is 0 Å². The van der Waals surface area contributed by atoms with Gasteiger partial charge in [0, 0.05) is 6.42 Å². The lowest BCUT2D eigenvalue weighted by Crippen LogP contribution is -2.15. The monoisotopic (exact) mass is 360 g/mol. The van der Waals surface area contributed by atoms with Crippen LogP contribution < -0.4 is 5.73 Å². The fourth-order valence-electron chi connectivity index (χ4n) is 1.75. The van der Waals surface area contributed by atoms with Crippen molar-refractivity contribution in [1.82, 2.24) is 0 Å². The van der Waals surface area contributed by atoms with E-state index >= 15 is 0 Å². The molecule has 0 unspecified atom stereocenters. The number of aliphatic imine (C=N–C) groups is 1. The summed E-state index contributed by atoms with van der Waals surface area (Å²) in [5, 5.41) is 2.05. The van der Waals surface area contributed by atoms with Gasteiger partial charge in [0.2, 0.25) is 0 Å². The molecule has 0 radical (unpaired) electrons. The maximum Gasteiger partial charge on any atom is 0.0985 e. The molecule has 0 aliphatic heterocycles. The number of hydrogen-bond donors (Lipinski definition) is 1. The Morgan fingerprint density at radius 1 is 0.810 bits per heavy atom. The maximum atomic E-state index is 5.96. The molecule has 0 saturated carbocycles. The van der Waals surface area contributed by atoms with E-state index in [-0.39, 0.29) is 0 Å². The largest absolute Gasteiger partial charge is 0.387 e. The highest BCUT2D eigenvalue weighted by Crippen LogP contribution is 2.24. The number of hydrogen-bond acceptors (Lipinski definition) is 1. The van der Waals surface area contributed by atoms with E-state index in [1.807, 2.05) is 12.1 Å². The van der Waals surface area contributed by atoms with Crippen LogP contribution in [0.4, 0.5) is 0 Å². The van der Waals surface area contributed by atoms with Crippen LogP contribution >= 0.6 is 46.4 Å². The molecule has 0 bridgehead atoms. The maximum absolute atomic E-state index is 5.96. The summed E-state index contributed by atoms with van der Waals surface area (Å²) in [6.45, 7) is 0.448. The summed E-state index contributed by atoms with van der Waals surface area (Å²) in [6.07, 6.45) is 0.512. The number of benzene rings is 2. The molecule has 0 aliphatic carbocycles. The molecule has 2 nitrogen and oxygen atoms in total. The highest BCUT2D eigenvalue weighted by Gasteiger charge is 2.03. The van der Waals surface area contributed by atoms with E-state index in [9.17, 15) is 0 Å². The summed E-state index contributed by atoms with van der Waals surface area (Å²) in [7, 11) is 0. The molecule has 21 heavy (non-hydrogen) atoms. The summed E-state index contributed by atoms with van der Waals surface area (Å²) < 4.78 is 0. The molecule has 6 heteroatoms. The Balaban J connectivity index is 2.03. The number of rotatable bonds is 4. The van der Waals surface area contributed by atoms with Gasteiger partial charge in [0.1, 0.15) is 0 Å². The van der Waals surface area contributed by atoms with Gasteiger partial charge in [0.25, 0.3) is 0 Å². The van der Waals surface area contributed by atoms with E-state index in [1.54, 1.807) is 24.3 Å². The summed E-state index contributed by atoms with van der Waals surface area (Å²) in [5.41, 5.74) is 7.83. The van der Waals surface area contributed by atoms with Gasteiger partial charge >= 0.3 is 0 Å². The quantitative estimate of drug-likeness (QED) is 0.574. The third-order valence-corrected chi connectivity index (χ3v) is 4.30. The van der Waals surface area contributed by atoms with Crippen LogP contribution in [-0.2, 0) is 13.0 Å². The second kappa shape index (κ2) is 7.37. The molecule has 0 saturated heterocycles. The van der Waals surface area contributed by atoms with Crippen molar-refractivity contribution in [3.8, 4) is 0 Å². The fourth-order valence-corrected chi connectivity index (χ4v) is 2.39. The van der Waals surface area contributed by atoms with E-state index in [2.05, 4.69) is 4.99 Å². The number of amidine groups is 1. The smallest absolute Gasteiger partial charge is 0.0985 e. The van der Waals surface area contributed by atoms with Crippen molar-refractivity contribution in [2.45, 2.75) is 13.0 Å². The van der Waals surface area contributed by atoms with Gasteiger partial charge in [-0.15, -0.1) is 0 Å². The molecule has 0 fully saturated rings. The van der Waals surface area contributed by atoms with Crippen LogP contribution in [-0.4, -0.2) is 5.84 Å². The van der Waals surface area contributed by atoms with Crippen LogP contribution in [0.1, 0.15) is 11.1 Å². The molecular formula is C15H12Cl4N2. The summed E-state index contributed by atoms with van der Waals surface area (Å²) >= 11 is 23.6. The minimum Gasteiger partial charge on any atom is -0.387 e. The highest BCUT2D eigenvalue weighted by molar-refractivity contribution is 6.42. The van der Waals surface area contributed by atoms with Gasteiger partial charge in [-0.05, 0) is 35.4 Å². The first kappa shape index (κ1) is 16.4. The molecule has 2 aromatic carbocycles. The van der Waals surface area contributed by atoms with Gasteiger partial charge in [0.15, 0.2) is 0 Å². The van der Waals surface area contributed by atoms with Gasteiger partial charge in [-0.2, -0.15) is 0 Å². The molecule has 110 valence electrons. The molecule has 0 atom stereocenters. The molecule has 2 N–H and O–H groups in total. The lowest BCUT2D eigenvalue weighted by molar-refractivity contribution is 1.04. The van der Waals surface area contributed by atoms with Crippen molar-refractivity contribution in [1.29, 1.82) is 0 Å². The van der Waals surface area contributed by atoms with Gasteiger partial charge in [-0.1, -0.05) is 58.5 Å². The van der Waals surface area contributed by atoms with Crippen LogP contribution in [0, 0.1) is 0 Å². The third kappa shape index (κ3) is 4.79. The standard InChI is InChI=1S/C15H12Cl4N2/c16-11-3-1-9(5-13(11)18)7-15(20)21-8-10-2-4-12(17)14(19)6-10/h1-6H,7-8H2,(H2,20,21). The Kier molecular flexibility index (Phi) is 5.77. The zero-order valence-corrected chi connectivity index (χ0v) is 13.9.